The molecule has 0 saturated carbocycles. The summed E-state index contributed by atoms with van der Waals surface area (Å²) in [7, 11) is 0. The third-order valence-electron chi connectivity index (χ3n) is 1.86. The van der Waals surface area contributed by atoms with E-state index < -0.39 is 6.43 Å². The average Bonchev–Trinajstić information content (AvgIpc) is 2.18. The summed E-state index contributed by atoms with van der Waals surface area (Å²) in [4.78, 5) is 11.3. The van der Waals surface area contributed by atoms with E-state index in [1.165, 1.54) is 24.3 Å². The van der Waals surface area contributed by atoms with Gasteiger partial charge in [0.2, 0.25) is 0 Å². The van der Waals surface area contributed by atoms with Crippen molar-refractivity contribution >= 4 is 5.78 Å². The predicted octanol–water partition coefficient (Wildman–Crippen LogP) is 2.16. The molecule has 4 heteroatoms. The third kappa shape index (κ3) is 2.60. The molecular weight excluding hydrogens is 188 g/mol. The zero-order chi connectivity index (χ0) is 10.6. The third-order valence-corrected chi connectivity index (χ3v) is 1.86. The highest BCUT2D eigenvalue weighted by Gasteiger charge is 2.08. The normalized spacial score (nSPS) is 10.6. The monoisotopic (exact) mass is 199 g/mol. The van der Waals surface area contributed by atoms with Gasteiger partial charge >= 0.3 is 0 Å². The van der Waals surface area contributed by atoms with Crippen LogP contribution in [-0.2, 0) is 0 Å². The highest BCUT2D eigenvalue weighted by molar-refractivity contribution is 5.96. The predicted molar refractivity (Wildman–Crippen MR) is 49.4 cm³/mol. The summed E-state index contributed by atoms with van der Waals surface area (Å²) in [5.74, 6) is -0.117. The fourth-order valence-corrected chi connectivity index (χ4v) is 1.09. The SMILES string of the molecule is NCCC(=O)c1ccc(C(F)F)cc1. The second kappa shape index (κ2) is 4.81. The lowest BCUT2D eigenvalue weighted by atomic mass is 10.1. The number of rotatable bonds is 4. The van der Waals surface area contributed by atoms with Crippen molar-refractivity contribution in [2.75, 3.05) is 6.54 Å². The summed E-state index contributed by atoms with van der Waals surface area (Å²) in [5, 5.41) is 0. The van der Waals surface area contributed by atoms with Crippen LogP contribution in [0.15, 0.2) is 24.3 Å². The summed E-state index contributed by atoms with van der Waals surface area (Å²) >= 11 is 0. The number of ketones is 1. The molecule has 0 aliphatic carbocycles. The van der Waals surface area contributed by atoms with Gasteiger partial charge in [-0.05, 0) is 6.54 Å². The Hall–Kier alpha value is -1.29. The number of alkyl halides is 2. The van der Waals surface area contributed by atoms with E-state index in [2.05, 4.69) is 0 Å². The number of hydrogen-bond acceptors (Lipinski definition) is 2. The molecule has 0 fully saturated rings. The Balaban J connectivity index is 2.78. The van der Waals surface area contributed by atoms with Crippen LogP contribution in [0, 0.1) is 0 Å². The Labute approximate surface area is 80.7 Å². The molecule has 0 amide bonds. The van der Waals surface area contributed by atoms with Gasteiger partial charge in [0.15, 0.2) is 5.78 Å². The highest BCUT2D eigenvalue weighted by atomic mass is 19.3. The van der Waals surface area contributed by atoms with Gasteiger partial charge < -0.3 is 5.73 Å². The van der Waals surface area contributed by atoms with Crippen molar-refractivity contribution in [1.29, 1.82) is 0 Å². The van der Waals surface area contributed by atoms with Gasteiger partial charge in [0, 0.05) is 17.5 Å². The lowest BCUT2D eigenvalue weighted by Gasteiger charge is -2.01. The van der Waals surface area contributed by atoms with Gasteiger partial charge in [0.05, 0.1) is 0 Å². The van der Waals surface area contributed by atoms with Crippen LogP contribution in [-0.4, -0.2) is 12.3 Å². The number of nitrogens with two attached hydrogens (primary N) is 1. The van der Waals surface area contributed by atoms with E-state index in [1.807, 2.05) is 0 Å². The molecule has 0 unspecified atom stereocenters. The zero-order valence-electron chi connectivity index (χ0n) is 7.54. The molecule has 76 valence electrons. The quantitative estimate of drug-likeness (QED) is 0.755. The molecule has 0 atom stereocenters. The van der Waals surface area contributed by atoms with Gasteiger partial charge in [-0.1, -0.05) is 24.3 Å². The molecule has 0 bridgehead atoms. The topological polar surface area (TPSA) is 43.1 Å². The first-order valence-corrected chi connectivity index (χ1v) is 4.26. The van der Waals surface area contributed by atoms with Crippen molar-refractivity contribution < 1.29 is 13.6 Å². The van der Waals surface area contributed by atoms with Crippen LogP contribution in [0.3, 0.4) is 0 Å². The van der Waals surface area contributed by atoms with Crippen LogP contribution in [0.25, 0.3) is 0 Å². The summed E-state index contributed by atoms with van der Waals surface area (Å²) in [5.41, 5.74) is 5.56. The molecule has 0 heterocycles. The second-order valence-corrected chi connectivity index (χ2v) is 2.88. The first-order chi connectivity index (χ1) is 6.65. The van der Waals surface area contributed by atoms with Crippen LogP contribution in [0.1, 0.15) is 28.8 Å². The average molecular weight is 199 g/mol. The molecule has 0 spiro atoms. The molecule has 1 rings (SSSR count). The van der Waals surface area contributed by atoms with Crippen molar-refractivity contribution in [3.05, 3.63) is 35.4 Å². The van der Waals surface area contributed by atoms with Crippen molar-refractivity contribution in [3.63, 3.8) is 0 Å². The molecule has 0 radical (unpaired) electrons. The molecule has 1 aromatic carbocycles. The number of benzene rings is 1. The maximum atomic E-state index is 12.1. The molecule has 14 heavy (non-hydrogen) atoms. The molecule has 0 aliphatic rings. The lowest BCUT2D eigenvalue weighted by Crippen LogP contribution is -2.07. The Kier molecular flexibility index (Phi) is 3.71. The molecule has 0 aromatic heterocycles. The Morgan fingerprint density at radius 3 is 2.29 bits per heavy atom. The van der Waals surface area contributed by atoms with Crippen LogP contribution in [0.2, 0.25) is 0 Å². The molecule has 0 aliphatic heterocycles. The fraction of sp³-hybridized carbons (Fsp3) is 0.300. The Morgan fingerprint density at radius 2 is 1.86 bits per heavy atom. The lowest BCUT2D eigenvalue weighted by molar-refractivity contribution is 0.0985. The van der Waals surface area contributed by atoms with Crippen molar-refractivity contribution in [2.45, 2.75) is 12.8 Å². The number of halogens is 2. The minimum absolute atomic E-state index is 0.0747. The first kappa shape index (κ1) is 10.8. The number of carbonyl (C=O) groups is 1. The van der Waals surface area contributed by atoms with E-state index in [0.29, 0.717) is 5.56 Å². The van der Waals surface area contributed by atoms with E-state index >= 15 is 0 Å². The maximum absolute atomic E-state index is 12.1. The van der Waals surface area contributed by atoms with Crippen LogP contribution >= 0.6 is 0 Å². The van der Waals surface area contributed by atoms with E-state index in [0.717, 1.165) is 0 Å². The van der Waals surface area contributed by atoms with Crippen LogP contribution < -0.4 is 5.73 Å². The minimum atomic E-state index is -2.49. The molecular formula is C10H11F2NO. The first-order valence-electron chi connectivity index (χ1n) is 4.26. The van der Waals surface area contributed by atoms with Gasteiger partial charge in [-0.15, -0.1) is 0 Å². The van der Waals surface area contributed by atoms with E-state index in [9.17, 15) is 13.6 Å². The molecule has 0 saturated heterocycles. The Morgan fingerprint density at radius 1 is 1.29 bits per heavy atom. The number of carbonyl (C=O) groups excluding carboxylic acids is 1. The van der Waals surface area contributed by atoms with Gasteiger partial charge in [-0.25, -0.2) is 8.78 Å². The molecule has 2 N–H and O–H groups in total. The summed E-state index contributed by atoms with van der Waals surface area (Å²) in [6, 6.07) is 5.32. The standard InChI is InChI=1S/C10H11F2NO/c11-10(12)8-3-1-7(2-4-8)9(14)5-6-13/h1-4,10H,5-6,13H2. The van der Waals surface area contributed by atoms with E-state index in [1.54, 1.807) is 0 Å². The summed E-state index contributed by atoms with van der Waals surface area (Å²) in [6.45, 7) is 0.273. The van der Waals surface area contributed by atoms with Gasteiger partial charge in [-0.2, -0.15) is 0 Å². The Bertz CT molecular complexity index is 308. The second-order valence-electron chi connectivity index (χ2n) is 2.88. The number of Topliss-reactive ketones (excluding diaryl/α,β-unsaturated/α-hetero) is 1. The molecule has 2 nitrogen and oxygen atoms in total. The molecule has 1 aromatic rings. The smallest absolute Gasteiger partial charge is 0.263 e. The minimum Gasteiger partial charge on any atom is -0.330 e. The summed E-state index contributed by atoms with van der Waals surface area (Å²) in [6.07, 6.45) is -2.25. The van der Waals surface area contributed by atoms with Crippen LogP contribution in [0.5, 0.6) is 0 Å². The van der Waals surface area contributed by atoms with Gasteiger partial charge in [-0.3, -0.25) is 4.79 Å². The number of hydrogen-bond donors (Lipinski definition) is 1. The summed E-state index contributed by atoms with van der Waals surface area (Å²) < 4.78 is 24.3. The maximum Gasteiger partial charge on any atom is 0.263 e. The van der Waals surface area contributed by atoms with Gasteiger partial charge in [0.1, 0.15) is 0 Å². The fourth-order valence-electron chi connectivity index (χ4n) is 1.09. The van der Waals surface area contributed by atoms with Crippen molar-refractivity contribution in [2.24, 2.45) is 5.73 Å². The van der Waals surface area contributed by atoms with Crippen molar-refractivity contribution in [3.8, 4) is 0 Å². The zero-order valence-corrected chi connectivity index (χ0v) is 7.54. The highest BCUT2D eigenvalue weighted by Crippen LogP contribution is 2.18. The van der Waals surface area contributed by atoms with Crippen molar-refractivity contribution in [1.82, 2.24) is 0 Å². The van der Waals surface area contributed by atoms with Crippen LogP contribution in [0.4, 0.5) is 8.78 Å². The van der Waals surface area contributed by atoms with Gasteiger partial charge in [0.25, 0.3) is 6.43 Å². The van der Waals surface area contributed by atoms with E-state index in [4.69, 9.17) is 5.73 Å². The van der Waals surface area contributed by atoms with E-state index in [-0.39, 0.29) is 24.3 Å². The largest absolute Gasteiger partial charge is 0.330 e.